The summed E-state index contributed by atoms with van der Waals surface area (Å²) in [7, 11) is 0. The summed E-state index contributed by atoms with van der Waals surface area (Å²) in [6.45, 7) is 11.3. The number of rotatable bonds is 8. The van der Waals surface area contributed by atoms with E-state index in [0.29, 0.717) is 6.04 Å². The minimum Gasteiger partial charge on any atom is -0.297 e. The van der Waals surface area contributed by atoms with E-state index in [0.717, 1.165) is 37.9 Å². The van der Waals surface area contributed by atoms with Gasteiger partial charge >= 0.3 is 0 Å². The topological polar surface area (TPSA) is 53.6 Å². The van der Waals surface area contributed by atoms with Gasteiger partial charge in [-0.2, -0.15) is 10.4 Å². The van der Waals surface area contributed by atoms with Crippen molar-refractivity contribution in [3.63, 3.8) is 0 Å². The maximum atomic E-state index is 9.34. The van der Waals surface area contributed by atoms with Crippen LogP contribution in [0, 0.1) is 11.3 Å². The van der Waals surface area contributed by atoms with Crippen LogP contribution in [0.4, 0.5) is 0 Å². The molecular weight excluding hydrogens is 248 g/mol. The normalized spacial score (nSPS) is 14.2. The van der Waals surface area contributed by atoms with E-state index in [1.165, 1.54) is 5.69 Å². The Morgan fingerprint density at radius 3 is 2.60 bits per heavy atom. The maximum Gasteiger partial charge on any atom is 0.104 e. The maximum absolute atomic E-state index is 9.34. The molecule has 0 bridgehead atoms. The number of aryl methyl sites for hydroxylation is 3. The second-order valence-corrected chi connectivity index (χ2v) is 5.90. The van der Waals surface area contributed by atoms with E-state index in [9.17, 15) is 5.26 Å². The number of aromatic nitrogens is 2. The van der Waals surface area contributed by atoms with Crippen LogP contribution in [0.1, 0.15) is 58.8 Å². The Balaban J connectivity index is 2.59. The van der Waals surface area contributed by atoms with Crippen LogP contribution in [0.25, 0.3) is 0 Å². The minimum atomic E-state index is -0.443. The third-order valence-corrected chi connectivity index (χ3v) is 3.54. The molecule has 20 heavy (non-hydrogen) atoms. The molecule has 4 nitrogen and oxygen atoms in total. The molecule has 0 aliphatic carbocycles. The van der Waals surface area contributed by atoms with Crippen molar-refractivity contribution in [1.82, 2.24) is 15.1 Å². The zero-order chi connectivity index (χ0) is 15.2. The lowest BCUT2D eigenvalue weighted by Gasteiger charge is -2.25. The van der Waals surface area contributed by atoms with Crippen molar-refractivity contribution < 1.29 is 0 Å². The van der Waals surface area contributed by atoms with E-state index in [4.69, 9.17) is 0 Å². The molecule has 0 aromatic carbocycles. The van der Waals surface area contributed by atoms with E-state index < -0.39 is 5.54 Å². The monoisotopic (exact) mass is 276 g/mol. The SMILES string of the molecule is CCc1cc(CC)n(CCCC(C)(C#N)NC(C)C)n1. The van der Waals surface area contributed by atoms with Crippen molar-refractivity contribution in [2.45, 2.75) is 78.4 Å². The quantitative estimate of drug-likeness (QED) is 0.794. The summed E-state index contributed by atoms with van der Waals surface area (Å²) >= 11 is 0. The largest absolute Gasteiger partial charge is 0.297 e. The number of hydrogen-bond donors (Lipinski definition) is 1. The molecule has 0 aliphatic heterocycles. The molecule has 1 aromatic rings. The Morgan fingerprint density at radius 2 is 2.10 bits per heavy atom. The molecule has 0 saturated heterocycles. The standard InChI is InChI=1S/C16H28N4/c1-6-14-11-15(7-2)20(19-14)10-8-9-16(5,12-17)18-13(3)4/h11,13,18H,6-10H2,1-5H3. The van der Waals surface area contributed by atoms with Gasteiger partial charge in [-0.1, -0.05) is 13.8 Å². The lowest BCUT2D eigenvalue weighted by Crippen LogP contribution is -2.45. The molecule has 4 heteroatoms. The molecule has 0 aliphatic rings. The molecule has 112 valence electrons. The molecule has 0 amide bonds. The fraction of sp³-hybridized carbons (Fsp3) is 0.750. The Bertz CT molecular complexity index is 456. The van der Waals surface area contributed by atoms with Gasteiger partial charge in [0.1, 0.15) is 5.54 Å². The minimum absolute atomic E-state index is 0.322. The first-order valence-electron chi connectivity index (χ1n) is 7.68. The smallest absolute Gasteiger partial charge is 0.104 e. The number of nitriles is 1. The fourth-order valence-corrected chi connectivity index (χ4v) is 2.55. The fourth-order valence-electron chi connectivity index (χ4n) is 2.55. The summed E-state index contributed by atoms with van der Waals surface area (Å²) in [6, 6.07) is 4.91. The molecule has 0 radical (unpaired) electrons. The van der Waals surface area contributed by atoms with Gasteiger partial charge in [0.25, 0.3) is 0 Å². The third-order valence-electron chi connectivity index (χ3n) is 3.54. The lowest BCUT2D eigenvalue weighted by atomic mass is 9.96. The zero-order valence-corrected chi connectivity index (χ0v) is 13.5. The summed E-state index contributed by atoms with van der Waals surface area (Å²) in [5.74, 6) is 0. The van der Waals surface area contributed by atoms with Gasteiger partial charge < -0.3 is 0 Å². The van der Waals surface area contributed by atoms with Crippen LogP contribution in [0.2, 0.25) is 0 Å². The molecule has 1 heterocycles. The summed E-state index contributed by atoms with van der Waals surface area (Å²) in [5.41, 5.74) is 2.00. The molecule has 0 saturated carbocycles. The number of nitrogens with zero attached hydrogens (tertiary/aromatic N) is 3. The van der Waals surface area contributed by atoms with E-state index in [1.807, 2.05) is 6.92 Å². The predicted molar refractivity (Wildman–Crippen MR) is 82.5 cm³/mol. The molecule has 1 aromatic heterocycles. The number of nitrogens with one attached hydrogen (secondary N) is 1. The second-order valence-electron chi connectivity index (χ2n) is 5.90. The first-order valence-corrected chi connectivity index (χ1v) is 7.68. The van der Waals surface area contributed by atoms with Crippen LogP contribution in [0.15, 0.2) is 6.07 Å². The van der Waals surface area contributed by atoms with Gasteiger partial charge in [-0.25, -0.2) is 0 Å². The van der Waals surface area contributed by atoms with Gasteiger partial charge in [0.15, 0.2) is 0 Å². The van der Waals surface area contributed by atoms with Gasteiger partial charge in [-0.05, 0) is 52.5 Å². The van der Waals surface area contributed by atoms with Crippen molar-refractivity contribution in [3.05, 3.63) is 17.5 Å². The van der Waals surface area contributed by atoms with E-state index >= 15 is 0 Å². The number of hydrogen-bond acceptors (Lipinski definition) is 3. The van der Waals surface area contributed by atoms with Crippen LogP contribution in [0.5, 0.6) is 0 Å². The van der Waals surface area contributed by atoms with E-state index in [-0.39, 0.29) is 0 Å². The molecule has 1 atom stereocenters. The van der Waals surface area contributed by atoms with Crippen molar-refractivity contribution in [2.75, 3.05) is 0 Å². The Morgan fingerprint density at radius 1 is 1.40 bits per heavy atom. The van der Waals surface area contributed by atoms with Crippen LogP contribution < -0.4 is 5.32 Å². The Kier molecular flexibility index (Phi) is 6.22. The first kappa shape index (κ1) is 16.7. The predicted octanol–water partition coefficient (Wildman–Crippen LogP) is 3.07. The van der Waals surface area contributed by atoms with Gasteiger partial charge in [0.2, 0.25) is 0 Å². The second kappa shape index (κ2) is 7.44. The average Bonchev–Trinajstić information content (AvgIpc) is 2.80. The first-order chi connectivity index (χ1) is 9.44. The van der Waals surface area contributed by atoms with Crippen LogP contribution >= 0.6 is 0 Å². The average molecular weight is 276 g/mol. The molecular formula is C16H28N4. The highest BCUT2D eigenvalue weighted by molar-refractivity contribution is 5.10. The van der Waals surface area contributed by atoms with Gasteiger partial charge in [0, 0.05) is 18.3 Å². The molecule has 1 unspecified atom stereocenters. The Hall–Kier alpha value is -1.34. The lowest BCUT2D eigenvalue weighted by molar-refractivity contribution is 0.359. The van der Waals surface area contributed by atoms with Crippen molar-refractivity contribution in [3.8, 4) is 6.07 Å². The van der Waals surface area contributed by atoms with Gasteiger partial charge in [-0.15, -0.1) is 0 Å². The van der Waals surface area contributed by atoms with Crippen molar-refractivity contribution >= 4 is 0 Å². The van der Waals surface area contributed by atoms with Crippen LogP contribution in [-0.2, 0) is 19.4 Å². The Labute approximate surface area is 123 Å². The third kappa shape index (κ3) is 4.64. The molecule has 0 fully saturated rings. The molecule has 0 spiro atoms. The van der Waals surface area contributed by atoms with E-state index in [1.54, 1.807) is 0 Å². The van der Waals surface area contributed by atoms with Crippen LogP contribution in [-0.4, -0.2) is 21.4 Å². The van der Waals surface area contributed by atoms with Crippen molar-refractivity contribution in [1.29, 1.82) is 5.26 Å². The van der Waals surface area contributed by atoms with Gasteiger partial charge in [-0.3, -0.25) is 10.00 Å². The molecule has 1 N–H and O–H groups in total. The van der Waals surface area contributed by atoms with E-state index in [2.05, 4.69) is 54.9 Å². The highest BCUT2D eigenvalue weighted by Gasteiger charge is 2.23. The zero-order valence-electron chi connectivity index (χ0n) is 13.5. The highest BCUT2D eigenvalue weighted by Crippen LogP contribution is 2.14. The summed E-state index contributed by atoms with van der Waals surface area (Å²) in [4.78, 5) is 0. The molecule has 1 rings (SSSR count). The highest BCUT2D eigenvalue weighted by atomic mass is 15.3. The van der Waals surface area contributed by atoms with Crippen molar-refractivity contribution in [2.24, 2.45) is 0 Å². The summed E-state index contributed by atoms with van der Waals surface area (Å²) < 4.78 is 2.10. The summed E-state index contributed by atoms with van der Waals surface area (Å²) in [6.07, 6.45) is 3.78. The van der Waals surface area contributed by atoms with Gasteiger partial charge in [0.05, 0.1) is 11.8 Å². The van der Waals surface area contributed by atoms with Crippen LogP contribution in [0.3, 0.4) is 0 Å². The summed E-state index contributed by atoms with van der Waals surface area (Å²) in [5, 5.41) is 17.3.